The number of fused-ring (bicyclic) bond motifs is 1. The molecule has 18 heavy (non-hydrogen) atoms. The predicted molar refractivity (Wildman–Crippen MR) is 78.3 cm³/mol. The van der Waals surface area contributed by atoms with Crippen LogP contribution in [0.4, 0.5) is 0 Å². The highest BCUT2D eigenvalue weighted by molar-refractivity contribution is 6.18. The smallest absolute Gasteiger partial charge is 0.0620 e. The number of halogens is 1. The third kappa shape index (κ3) is 2.85. The van der Waals surface area contributed by atoms with Crippen LogP contribution in [0.25, 0.3) is 10.8 Å². The fourth-order valence-corrected chi connectivity index (χ4v) is 2.73. The van der Waals surface area contributed by atoms with Crippen molar-refractivity contribution in [2.24, 2.45) is 0 Å². The zero-order valence-electron chi connectivity index (χ0n) is 10.6. The fraction of sp³-hybridized carbons (Fsp3) is 0.375. The topological polar surface area (TPSA) is 20.2 Å². The molecule has 2 rings (SSSR count). The minimum Gasteiger partial charge on any atom is -0.392 e. The van der Waals surface area contributed by atoms with Crippen molar-refractivity contribution in [3.63, 3.8) is 0 Å². The lowest BCUT2D eigenvalue weighted by atomic mass is 9.91. The number of aliphatic hydroxyl groups excluding tert-OH is 1. The van der Waals surface area contributed by atoms with Crippen LogP contribution in [0.2, 0.25) is 0 Å². The van der Waals surface area contributed by atoms with Crippen molar-refractivity contribution < 1.29 is 5.11 Å². The van der Waals surface area contributed by atoms with Gasteiger partial charge < -0.3 is 5.11 Å². The molecular weight excluding hydrogens is 244 g/mol. The average Bonchev–Trinajstić information content (AvgIpc) is 2.40. The molecule has 0 saturated carbocycles. The van der Waals surface area contributed by atoms with E-state index in [9.17, 15) is 5.11 Å². The van der Waals surface area contributed by atoms with Crippen molar-refractivity contribution in [2.45, 2.75) is 31.8 Å². The van der Waals surface area contributed by atoms with E-state index in [4.69, 9.17) is 11.6 Å². The maximum atomic E-state index is 10.2. The predicted octanol–water partition coefficient (Wildman–Crippen LogP) is 4.32. The Bertz CT molecular complexity index is 509. The van der Waals surface area contributed by atoms with Gasteiger partial charge in [-0.1, -0.05) is 55.8 Å². The Labute approximate surface area is 113 Å². The van der Waals surface area contributed by atoms with E-state index in [-0.39, 0.29) is 12.0 Å². The Morgan fingerprint density at radius 2 is 1.83 bits per heavy atom. The van der Waals surface area contributed by atoms with E-state index in [1.807, 2.05) is 12.1 Å². The third-order valence-electron chi connectivity index (χ3n) is 3.42. The van der Waals surface area contributed by atoms with E-state index in [1.165, 1.54) is 10.8 Å². The van der Waals surface area contributed by atoms with Crippen molar-refractivity contribution in [2.75, 3.05) is 5.88 Å². The summed E-state index contributed by atoms with van der Waals surface area (Å²) in [5.74, 6) is 0.482. The molecule has 1 nitrogen and oxygen atoms in total. The van der Waals surface area contributed by atoms with E-state index in [0.29, 0.717) is 5.88 Å². The van der Waals surface area contributed by atoms with Gasteiger partial charge in [-0.2, -0.15) is 0 Å². The van der Waals surface area contributed by atoms with Gasteiger partial charge in [0.1, 0.15) is 0 Å². The first kappa shape index (κ1) is 13.4. The van der Waals surface area contributed by atoms with Gasteiger partial charge in [-0.05, 0) is 22.8 Å². The molecule has 2 heteroatoms. The molecule has 0 aromatic heterocycles. The van der Waals surface area contributed by atoms with E-state index >= 15 is 0 Å². The standard InChI is InChI=1S/C16H19ClO/c1-2-5-16(18)15(11-17)14-9-8-12-6-3-4-7-13(12)10-14/h3-4,6-10,15-16,18H,2,5,11H2,1H3/t15-,16-/m1/s1. The summed E-state index contributed by atoms with van der Waals surface area (Å²) in [5, 5.41) is 12.6. The summed E-state index contributed by atoms with van der Waals surface area (Å²) in [7, 11) is 0. The minimum absolute atomic E-state index is 0.0243. The fourth-order valence-electron chi connectivity index (χ4n) is 2.35. The van der Waals surface area contributed by atoms with Crippen LogP contribution in [0, 0.1) is 0 Å². The Balaban J connectivity index is 2.33. The van der Waals surface area contributed by atoms with Crippen molar-refractivity contribution in [3.05, 3.63) is 48.0 Å². The van der Waals surface area contributed by atoms with Gasteiger partial charge in [-0.15, -0.1) is 11.6 Å². The second-order valence-electron chi connectivity index (χ2n) is 4.72. The number of alkyl halides is 1. The lowest BCUT2D eigenvalue weighted by Crippen LogP contribution is -2.19. The molecule has 0 unspecified atom stereocenters. The highest BCUT2D eigenvalue weighted by Crippen LogP contribution is 2.27. The normalized spacial score (nSPS) is 14.6. The second-order valence-corrected chi connectivity index (χ2v) is 5.03. The van der Waals surface area contributed by atoms with Crippen LogP contribution in [0.15, 0.2) is 42.5 Å². The second kappa shape index (κ2) is 6.21. The van der Waals surface area contributed by atoms with Crippen LogP contribution >= 0.6 is 11.6 Å². The van der Waals surface area contributed by atoms with Crippen LogP contribution in [-0.2, 0) is 0 Å². The van der Waals surface area contributed by atoms with Gasteiger partial charge in [0.2, 0.25) is 0 Å². The number of hydrogen-bond acceptors (Lipinski definition) is 1. The van der Waals surface area contributed by atoms with Crippen molar-refractivity contribution in [1.29, 1.82) is 0 Å². The SMILES string of the molecule is CCC[C@@H](O)[C@H](CCl)c1ccc2ccccc2c1. The number of benzene rings is 2. The van der Waals surface area contributed by atoms with Gasteiger partial charge >= 0.3 is 0 Å². The molecule has 96 valence electrons. The number of aliphatic hydroxyl groups is 1. The molecule has 0 aliphatic carbocycles. The molecule has 0 fully saturated rings. The summed E-state index contributed by atoms with van der Waals surface area (Å²) in [5.41, 5.74) is 1.13. The van der Waals surface area contributed by atoms with Crippen LogP contribution in [0.3, 0.4) is 0 Å². The third-order valence-corrected chi connectivity index (χ3v) is 3.75. The van der Waals surface area contributed by atoms with Gasteiger partial charge in [-0.25, -0.2) is 0 Å². The van der Waals surface area contributed by atoms with Gasteiger partial charge in [0.05, 0.1) is 6.10 Å². The van der Waals surface area contributed by atoms with Crippen molar-refractivity contribution in [3.8, 4) is 0 Å². The first-order valence-electron chi connectivity index (χ1n) is 6.49. The van der Waals surface area contributed by atoms with Gasteiger partial charge in [-0.3, -0.25) is 0 Å². The Morgan fingerprint density at radius 1 is 1.11 bits per heavy atom. The summed E-state index contributed by atoms with van der Waals surface area (Å²) < 4.78 is 0. The zero-order chi connectivity index (χ0) is 13.0. The summed E-state index contributed by atoms with van der Waals surface area (Å²) in [6.07, 6.45) is 1.42. The minimum atomic E-state index is -0.353. The van der Waals surface area contributed by atoms with E-state index in [0.717, 1.165) is 18.4 Å². The zero-order valence-corrected chi connectivity index (χ0v) is 11.4. The average molecular weight is 263 g/mol. The molecule has 0 aliphatic rings. The maximum absolute atomic E-state index is 10.2. The molecule has 0 amide bonds. The first-order chi connectivity index (χ1) is 8.76. The van der Waals surface area contributed by atoms with Crippen LogP contribution in [0.1, 0.15) is 31.2 Å². The van der Waals surface area contributed by atoms with Gasteiger partial charge in [0.15, 0.2) is 0 Å². The summed E-state index contributed by atoms with van der Waals surface area (Å²) >= 11 is 6.02. The van der Waals surface area contributed by atoms with Crippen molar-refractivity contribution in [1.82, 2.24) is 0 Å². The molecule has 0 aliphatic heterocycles. The summed E-state index contributed by atoms with van der Waals surface area (Å²) in [6, 6.07) is 14.6. The molecule has 0 saturated heterocycles. The van der Waals surface area contributed by atoms with Gasteiger partial charge in [0.25, 0.3) is 0 Å². The van der Waals surface area contributed by atoms with E-state index in [2.05, 4.69) is 37.3 Å². The summed E-state index contributed by atoms with van der Waals surface area (Å²) in [6.45, 7) is 2.08. The summed E-state index contributed by atoms with van der Waals surface area (Å²) in [4.78, 5) is 0. The van der Waals surface area contributed by atoms with E-state index < -0.39 is 0 Å². The monoisotopic (exact) mass is 262 g/mol. The molecule has 0 bridgehead atoms. The Kier molecular flexibility index (Phi) is 4.62. The molecule has 2 aromatic carbocycles. The van der Waals surface area contributed by atoms with Crippen LogP contribution < -0.4 is 0 Å². The molecule has 2 atom stereocenters. The molecule has 0 heterocycles. The molecular formula is C16H19ClO. The largest absolute Gasteiger partial charge is 0.392 e. The lowest BCUT2D eigenvalue weighted by Gasteiger charge is -2.21. The Morgan fingerprint density at radius 3 is 2.50 bits per heavy atom. The Hall–Kier alpha value is -1.05. The van der Waals surface area contributed by atoms with Crippen LogP contribution in [0.5, 0.6) is 0 Å². The van der Waals surface area contributed by atoms with Crippen molar-refractivity contribution >= 4 is 22.4 Å². The first-order valence-corrected chi connectivity index (χ1v) is 7.02. The molecule has 1 N–H and O–H groups in total. The van der Waals surface area contributed by atoms with Crippen LogP contribution in [-0.4, -0.2) is 17.1 Å². The molecule has 0 spiro atoms. The highest BCUT2D eigenvalue weighted by Gasteiger charge is 2.19. The number of rotatable bonds is 5. The maximum Gasteiger partial charge on any atom is 0.0620 e. The highest BCUT2D eigenvalue weighted by atomic mass is 35.5. The lowest BCUT2D eigenvalue weighted by molar-refractivity contribution is 0.140. The van der Waals surface area contributed by atoms with E-state index in [1.54, 1.807) is 0 Å². The number of hydrogen-bond donors (Lipinski definition) is 1. The quantitative estimate of drug-likeness (QED) is 0.796. The van der Waals surface area contributed by atoms with Gasteiger partial charge in [0, 0.05) is 11.8 Å². The molecule has 0 radical (unpaired) electrons. The molecule has 2 aromatic rings.